The zero-order valence-electron chi connectivity index (χ0n) is 12.4. The Labute approximate surface area is 127 Å². The molecule has 1 aliphatic carbocycles. The van der Waals surface area contributed by atoms with Crippen LogP contribution in [0.5, 0.6) is 0 Å². The van der Waals surface area contributed by atoms with Crippen molar-refractivity contribution >= 4 is 23.5 Å². The van der Waals surface area contributed by atoms with Gasteiger partial charge in [0.1, 0.15) is 0 Å². The second kappa shape index (κ2) is 8.16. The summed E-state index contributed by atoms with van der Waals surface area (Å²) in [6.07, 6.45) is 8.24. The van der Waals surface area contributed by atoms with E-state index in [9.17, 15) is 0 Å². The van der Waals surface area contributed by atoms with Gasteiger partial charge in [0.15, 0.2) is 0 Å². The van der Waals surface area contributed by atoms with E-state index in [-0.39, 0.29) is 0 Å². The predicted octanol–water partition coefficient (Wildman–Crippen LogP) is 3.66. The van der Waals surface area contributed by atoms with Crippen LogP contribution in [0.4, 0.5) is 0 Å². The summed E-state index contributed by atoms with van der Waals surface area (Å²) in [7, 11) is 0. The van der Waals surface area contributed by atoms with E-state index < -0.39 is 0 Å². The maximum Gasteiger partial charge on any atom is 0.0368 e. The van der Waals surface area contributed by atoms with E-state index in [0.717, 1.165) is 22.3 Å². The lowest BCUT2D eigenvalue weighted by Gasteiger charge is -2.41. The molecule has 3 N–H and O–H groups in total. The fourth-order valence-electron chi connectivity index (χ4n) is 3.73. The molecule has 3 atom stereocenters. The van der Waals surface area contributed by atoms with Gasteiger partial charge in [0.2, 0.25) is 0 Å². The van der Waals surface area contributed by atoms with Crippen molar-refractivity contribution in [1.82, 2.24) is 5.43 Å². The van der Waals surface area contributed by atoms with Crippen molar-refractivity contribution < 1.29 is 0 Å². The Morgan fingerprint density at radius 2 is 1.74 bits per heavy atom. The van der Waals surface area contributed by atoms with Crippen LogP contribution in [0.2, 0.25) is 0 Å². The second-order valence-corrected chi connectivity index (χ2v) is 8.67. The first-order valence-corrected chi connectivity index (χ1v) is 10.1. The second-order valence-electron chi connectivity index (χ2n) is 6.03. The van der Waals surface area contributed by atoms with E-state index >= 15 is 0 Å². The Hall–Kier alpha value is 0.620. The Balaban J connectivity index is 1.94. The summed E-state index contributed by atoms with van der Waals surface area (Å²) in [5.41, 5.74) is 3.20. The van der Waals surface area contributed by atoms with Crippen LogP contribution in [-0.2, 0) is 0 Å². The van der Waals surface area contributed by atoms with Crippen molar-refractivity contribution in [3.8, 4) is 0 Å². The standard InChI is InChI=1S/C15H30N2S2/c1-3-11-5-7-12(8-6-11)14(17-16)15-13(4-2)18-9-10-19-15/h11-15,17H,3-10,16H2,1-2H3. The monoisotopic (exact) mass is 302 g/mol. The van der Waals surface area contributed by atoms with E-state index in [1.165, 1.54) is 50.0 Å². The number of hydrogen-bond acceptors (Lipinski definition) is 4. The average molecular weight is 303 g/mol. The zero-order valence-corrected chi connectivity index (χ0v) is 14.1. The van der Waals surface area contributed by atoms with E-state index in [0.29, 0.717) is 6.04 Å². The van der Waals surface area contributed by atoms with Crippen LogP contribution in [0.3, 0.4) is 0 Å². The molecule has 1 saturated carbocycles. The fraction of sp³-hybridized carbons (Fsp3) is 1.00. The van der Waals surface area contributed by atoms with Crippen LogP contribution < -0.4 is 11.3 Å². The van der Waals surface area contributed by atoms with Crippen LogP contribution in [0, 0.1) is 11.8 Å². The number of hydrogen-bond donors (Lipinski definition) is 2. The number of hydrazine groups is 1. The summed E-state index contributed by atoms with van der Waals surface area (Å²) in [6, 6.07) is 0.528. The van der Waals surface area contributed by atoms with Gasteiger partial charge in [-0.2, -0.15) is 23.5 Å². The minimum atomic E-state index is 0.528. The SMILES string of the molecule is CCC1CCC(C(NN)C2SCCSC2CC)CC1. The van der Waals surface area contributed by atoms with Crippen LogP contribution in [0.15, 0.2) is 0 Å². The molecule has 0 radical (unpaired) electrons. The maximum atomic E-state index is 5.95. The Bertz CT molecular complexity index is 255. The highest BCUT2D eigenvalue weighted by Gasteiger charge is 2.37. The molecule has 1 aliphatic heterocycles. The van der Waals surface area contributed by atoms with Crippen LogP contribution in [0.1, 0.15) is 52.4 Å². The minimum absolute atomic E-state index is 0.528. The molecule has 4 heteroatoms. The number of thioether (sulfide) groups is 2. The molecule has 0 spiro atoms. The molecule has 19 heavy (non-hydrogen) atoms. The summed E-state index contributed by atoms with van der Waals surface area (Å²) in [5, 5.41) is 1.51. The van der Waals surface area contributed by atoms with Gasteiger partial charge in [0.05, 0.1) is 0 Å². The van der Waals surface area contributed by atoms with Gasteiger partial charge in [-0.1, -0.05) is 33.1 Å². The third-order valence-electron chi connectivity index (χ3n) is 5.02. The number of nitrogens with two attached hydrogens (primary N) is 1. The van der Waals surface area contributed by atoms with Gasteiger partial charge in [-0.25, -0.2) is 0 Å². The summed E-state index contributed by atoms with van der Waals surface area (Å²) >= 11 is 4.33. The maximum absolute atomic E-state index is 5.95. The van der Waals surface area contributed by atoms with E-state index in [1.807, 2.05) is 0 Å². The predicted molar refractivity (Wildman–Crippen MR) is 89.6 cm³/mol. The smallest absolute Gasteiger partial charge is 0.0368 e. The van der Waals surface area contributed by atoms with Crippen molar-refractivity contribution in [2.24, 2.45) is 17.7 Å². The van der Waals surface area contributed by atoms with Gasteiger partial charge in [0, 0.05) is 28.0 Å². The third-order valence-corrected chi connectivity index (χ3v) is 8.39. The van der Waals surface area contributed by atoms with Crippen molar-refractivity contribution in [2.75, 3.05) is 11.5 Å². The molecule has 0 aromatic carbocycles. The van der Waals surface area contributed by atoms with Gasteiger partial charge in [-0.3, -0.25) is 11.3 Å². The number of nitrogens with one attached hydrogen (secondary N) is 1. The van der Waals surface area contributed by atoms with Gasteiger partial charge < -0.3 is 0 Å². The first-order valence-electron chi connectivity index (χ1n) is 7.99. The van der Waals surface area contributed by atoms with Gasteiger partial charge >= 0.3 is 0 Å². The average Bonchev–Trinajstić information content (AvgIpc) is 2.49. The molecule has 2 aliphatic rings. The summed E-state index contributed by atoms with van der Waals surface area (Å²) in [6.45, 7) is 4.67. The molecule has 2 nitrogen and oxygen atoms in total. The highest BCUT2D eigenvalue weighted by Crippen LogP contribution is 2.41. The molecular formula is C15H30N2S2. The van der Waals surface area contributed by atoms with Crippen molar-refractivity contribution in [3.05, 3.63) is 0 Å². The Morgan fingerprint density at radius 3 is 2.32 bits per heavy atom. The molecule has 2 rings (SSSR count). The zero-order chi connectivity index (χ0) is 13.7. The Kier molecular flexibility index (Phi) is 6.87. The molecule has 3 unspecified atom stereocenters. The Morgan fingerprint density at radius 1 is 1.05 bits per heavy atom. The fourth-order valence-corrected chi connectivity index (χ4v) is 7.05. The summed E-state index contributed by atoms with van der Waals surface area (Å²) < 4.78 is 0. The lowest BCUT2D eigenvalue weighted by molar-refractivity contribution is 0.214. The number of rotatable bonds is 5. The topological polar surface area (TPSA) is 38.0 Å². The lowest BCUT2D eigenvalue weighted by atomic mass is 9.76. The van der Waals surface area contributed by atoms with E-state index in [1.54, 1.807) is 0 Å². The molecule has 2 fully saturated rings. The molecule has 0 aromatic rings. The molecule has 0 aromatic heterocycles. The van der Waals surface area contributed by atoms with Crippen molar-refractivity contribution in [3.63, 3.8) is 0 Å². The quantitative estimate of drug-likeness (QED) is 0.600. The molecule has 1 heterocycles. The van der Waals surface area contributed by atoms with Gasteiger partial charge in [-0.05, 0) is 31.1 Å². The van der Waals surface area contributed by atoms with Gasteiger partial charge in [0.25, 0.3) is 0 Å². The molecule has 0 amide bonds. The minimum Gasteiger partial charge on any atom is -0.271 e. The first kappa shape index (κ1) is 16.0. The van der Waals surface area contributed by atoms with Crippen LogP contribution in [0.25, 0.3) is 0 Å². The summed E-state index contributed by atoms with van der Waals surface area (Å²) in [4.78, 5) is 0. The largest absolute Gasteiger partial charge is 0.271 e. The summed E-state index contributed by atoms with van der Waals surface area (Å²) in [5.74, 6) is 10.3. The van der Waals surface area contributed by atoms with E-state index in [2.05, 4.69) is 42.8 Å². The first-order chi connectivity index (χ1) is 9.30. The molecule has 0 bridgehead atoms. The highest BCUT2D eigenvalue weighted by molar-refractivity contribution is 8.07. The third kappa shape index (κ3) is 4.05. The van der Waals surface area contributed by atoms with Crippen molar-refractivity contribution in [2.45, 2.75) is 68.9 Å². The van der Waals surface area contributed by atoms with Crippen LogP contribution in [-0.4, -0.2) is 28.0 Å². The van der Waals surface area contributed by atoms with E-state index in [4.69, 9.17) is 5.84 Å². The molecular weight excluding hydrogens is 272 g/mol. The normalized spacial score (nSPS) is 38.1. The van der Waals surface area contributed by atoms with Crippen molar-refractivity contribution in [1.29, 1.82) is 0 Å². The molecule has 1 saturated heterocycles. The van der Waals surface area contributed by atoms with Gasteiger partial charge in [-0.15, -0.1) is 0 Å². The molecule has 112 valence electrons. The van der Waals surface area contributed by atoms with Crippen LogP contribution >= 0.6 is 23.5 Å². The highest BCUT2D eigenvalue weighted by atomic mass is 32.2. The lowest BCUT2D eigenvalue weighted by Crippen LogP contribution is -2.52.